The SMILES string of the molecule is CCCn1nc2c(c1C)C(c1ccn[nH]1)CC(=O)N2. The van der Waals surface area contributed by atoms with Gasteiger partial charge in [0, 0.05) is 42.0 Å². The number of aromatic amines is 1. The molecule has 0 saturated heterocycles. The first-order valence-corrected chi connectivity index (χ1v) is 6.57. The number of rotatable bonds is 3. The normalized spacial score (nSPS) is 18.2. The molecular formula is C13H17N5O. The van der Waals surface area contributed by atoms with Crippen molar-refractivity contribution in [2.75, 3.05) is 5.32 Å². The van der Waals surface area contributed by atoms with Crippen LogP contribution in [0, 0.1) is 6.92 Å². The molecule has 0 saturated carbocycles. The smallest absolute Gasteiger partial charge is 0.226 e. The molecule has 2 aromatic heterocycles. The Labute approximate surface area is 111 Å². The zero-order valence-electron chi connectivity index (χ0n) is 11.1. The standard InChI is InChI=1S/C13H17N5O/c1-3-6-18-8(2)12-9(10-4-5-14-16-10)7-11(19)15-13(12)17-18/h4-5,9H,3,6-7H2,1-2H3,(H,14,16)(H,15,17,19). The number of fused-ring (bicyclic) bond motifs is 1. The molecule has 0 spiro atoms. The number of hydrogen-bond donors (Lipinski definition) is 2. The highest BCUT2D eigenvalue weighted by molar-refractivity contribution is 5.94. The summed E-state index contributed by atoms with van der Waals surface area (Å²) in [5, 5.41) is 14.3. The Kier molecular flexibility index (Phi) is 2.85. The summed E-state index contributed by atoms with van der Waals surface area (Å²) in [5.74, 6) is 0.729. The minimum Gasteiger partial charge on any atom is -0.309 e. The molecule has 3 heterocycles. The number of carbonyl (C=O) groups excluding carboxylic acids is 1. The van der Waals surface area contributed by atoms with Crippen molar-refractivity contribution in [3.05, 3.63) is 29.2 Å². The van der Waals surface area contributed by atoms with Crippen molar-refractivity contribution in [1.82, 2.24) is 20.0 Å². The lowest BCUT2D eigenvalue weighted by atomic mass is 9.89. The number of carbonyl (C=O) groups is 1. The van der Waals surface area contributed by atoms with Gasteiger partial charge in [0.05, 0.1) is 0 Å². The Bertz CT molecular complexity index is 599. The maximum Gasteiger partial charge on any atom is 0.226 e. The van der Waals surface area contributed by atoms with Crippen LogP contribution in [0.25, 0.3) is 0 Å². The third-order valence-electron chi connectivity index (χ3n) is 3.58. The van der Waals surface area contributed by atoms with E-state index in [2.05, 4.69) is 34.5 Å². The van der Waals surface area contributed by atoms with E-state index in [1.165, 1.54) is 0 Å². The van der Waals surface area contributed by atoms with E-state index >= 15 is 0 Å². The lowest BCUT2D eigenvalue weighted by Crippen LogP contribution is -2.23. The molecule has 6 nitrogen and oxygen atoms in total. The van der Waals surface area contributed by atoms with Crippen LogP contribution in [0.5, 0.6) is 0 Å². The average molecular weight is 259 g/mol. The Hall–Kier alpha value is -2.11. The summed E-state index contributed by atoms with van der Waals surface area (Å²) in [6.07, 6.45) is 3.17. The highest BCUT2D eigenvalue weighted by Gasteiger charge is 2.32. The van der Waals surface area contributed by atoms with Crippen LogP contribution in [0.2, 0.25) is 0 Å². The largest absolute Gasteiger partial charge is 0.309 e. The zero-order valence-corrected chi connectivity index (χ0v) is 11.1. The molecule has 2 aromatic rings. The average Bonchev–Trinajstić information content (AvgIpc) is 2.99. The van der Waals surface area contributed by atoms with Crippen molar-refractivity contribution < 1.29 is 4.79 Å². The highest BCUT2D eigenvalue weighted by atomic mass is 16.1. The quantitative estimate of drug-likeness (QED) is 0.882. The maximum absolute atomic E-state index is 11.8. The molecule has 1 aliphatic heterocycles. The number of aromatic nitrogens is 4. The second-order valence-corrected chi connectivity index (χ2v) is 4.89. The molecule has 1 atom stereocenters. The van der Waals surface area contributed by atoms with E-state index in [1.807, 2.05) is 10.7 Å². The van der Waals surface area contributed by atoms with Crippen molar-refractivity contribution in [1.29, 1.82) is 0 Å². The maximum atomic E-state index is 11.8. The van der Waals surface area contributed by atoms with E-state index in [4.69, 9.17) is 0 Å². The van der Waals surface area contributed by atoms with Gasteiger partial charge in [-0.2, -0.15) is 10.2 Å². The van der Waals surface area contributed by atoms with Gasteiger partial charge in [0.2, 0.25) is 5.91 Å². The molecule has 1 unspecified atom stereocenters. The number of nitrogens with zero attached hydrogens (tertiary/aromatic N) is 3. The lowest BCUT2D eigenvalue weighted by molar-refractivity contribution is -0.116. The van der Waals surface area contributed by atoms with Gasteiger partial charge >= 0.3 is 0 Å². The summed E-state index contributed by atoms with van der Waals surface area (Å²) in [6, 6.07) is 1.92. The topological polar surface area (TPSA) is 75.6 Å². The van der Waals surface area contributed by atoms with Gasteiger partial charge in [0.25, 0.3) is 0 Å². The molecule has 0 aromatic carbocycles. The van der Waals surface area contributed by atoms with E-state index in [0.717, 1.165) is 29.9 Å². The van der Waals surface area contributed by atoms with Crippen molar-refractivity contribution in [2.45, 2.75) is 39.2 Å². The molecule has 0 radical (unpaired) electrons. The first kappa shape index (κ1) is 12.0. The molecule has 1 amide bonds. The fourth-order valence-corrected chi connectivity index (χ4v) is 2.70. The molecule has 0 bridgehead atoms. The first-order chi connectivity index (χ1) is 9.20. The van der Waals surface area contributed by atoms with Crippen LogP contribution in [-0.4, -0.2) is 25.9 Å². The fraction of sp³-hybridized carbons (Fsp3) is 0.462. The third-order valence-corrected chi connectivity index (χ3v) is 3.58. The monoisotopic (exact) mass is 259 g/mol. The predicted molar refractivity (Wildman–Crippen MR) is 70.9 cm³/mol. The van der Waals surface area contributed by atoms with Crippen LogP contribution in [0.1, 0.15) is 42.6 Å². The summed E-state index contributed by atoms with van der Waals surface area (Å²) in [6.45, 7) is 5.04. The Morgan fingerprint density at radius 2 is 2.37 bits per heavy atom. The molecule has 0 aliphatic carbocycles. The summed E-state index contributed by atoms with van der Waals surface area (Å²) in [7, 11) is 0. The van der Waals surface area contributed by atoms with E-state index in [9.17, 15) is 4.79 Å². The number of aryl methyl sites for hydroxylation is 1. The summed E-state index contributed by atoms with van der Waals surface area (Å²) in [5.41, 5.74) is 3.20. The van der Waals surface area contributed by atoms with Crippen LogP contribution in [0.4, 0.5) is 5.82 Å². The van der Waals surface area contributed by atoms with Gasteiger partial charge in [-0.15, -0.1) is 0 Å². The first-order valence-electron chi connectivity index (χ1n) is 6.57. The van der Waals surface area contributed by atoms with E-state index < -0.39 is 0 Å². The van der Waals surface area contributed by atoms with E-state index in [0.29, 0.717) is 12.2 Å². The summed E-state index contributed by atoms with van der Waals surface area (Å²) in [4.78, 5) is 11.8. The Balaban J connectivity index is 2.09. The van der Waals surface area contributed by atoms with Crippen molar-refractivity contribution in [2.24, 2.45) is 0 Å². The number of hydrogen-bond acceptors (Lipinski definition) is 3. The van der Waals surface area contributed by atoms with Gasteiger partial charge in [-0.05, 0) is 19.4 Å². The van der Waals surface area contributed by atoms with Crippen LogP contribution >= 0.6 is 0 Å². The van der Waals surface area contributed by atoms with E-state index in [-0.39, 0.29) is 11.8 Å². The Morgan fingerprint density at radius 1 is 1.53 bits per heavy atom. The molecule has 6 heteroatoms. The van der Waals surface area contributed by atoms with Crippen LogP contribution in [0.3, 0.4) is 0 Å². The van der Waals surface area contributed by atoms with Gasteiger partial charge in [-0.25, -0.2) is 0 Å². The predicted octanol–water partition coefficient (Wildman–Crippen LogP) is 1.80. The molecule has 100 valence electrons. The number of amides is 1. The van der Waals surface area contributed by atoms with Crippen molar-refractivity contribution >= 4 is 11.7 Å². The molecule has 19 heavy (non-hydrogen) atoms. The molecule has 2 N–H and O–H groups in total. The minimum absolute atomic E-state index is 0.00764. The van der Waals surface area contributed by atoms with Crippen LogP contribution < -0.4 is 5.32 Å². The van der Waals surface area contributed by atoms with Gasteiger partial charge < -0.3 is 5.32 Å². The second kappa shape index (κ2) is 4.53. The van der Waals surface area contributed by atoms with Gasteiger partial charge in [0.1, 0.15) is 0 Å². The third kappa shape index (κ3) is 1.93. The number of nitrogens with one attached hydrogen (secondary N) is 2. The fourth-order valence-electron chi connectivity index (χ4n) is 2.70. The molecule has 1 aliphatic rings. The van der Waals surface area contributed by atoms with Crippen LogP contribution in [-0.2, 0) is 11.3 Å². The lowest BCUT2D eigenvalue weighted by Gasteiger charge is -2.21. The van der Waals surface area contributed by atoms with Crippen molar-refractivity contribution in [3.8, 4) is 0 Å². The van der Waals surface area contributed by atoms with Crippen molar-refractivity contribution in [3.63, 3.8) is 0 Å². The van der Waals surface area contributed by atoms with Gasteiger partial charge in [-0.3, -0.25) is 14.6 Å². The van der Waals surface area contributed by atoms with Gasteiger partial charge in [-0.1, -0.05) is 6.92 Å². The number of anilines is 1. The molecule has 3 rings (SSSR count). The van der Waals surface area contributed by atoms with Crippen LogP contribution in [0.15, 0.2) is 12.3 Å². The number of H-pyrrole nitrogens is 1. The molecular weight excluding hydrogens is 242 g/mol. The summed E-state index contributed by atoms with van der Waals surface area (Å²) < 4.78 is 1.97. The summed E-state index contributed by atoms with van der Waals surface area (Å²) >= 11 is 0. The highest BCUT2D eigenvalue weighted by Crippen LogP contribution is 2.37. The Morgan fingerprint density at radius 3 is 3.05 bits per heavy atom. The molecule has 0 fully saturated rings. The zero-order chi connectivity index (χ0) is 13.4. The van der Waals surface area contributed by atoms with Gasteiger partial charge in [0.15, 0.2) is 5.82 Å². The van der Waals surface area contributed by atoms with E-state index in [1.54, 1.807) is 6.20 Å². The minimum atomic E-state index is 0.00764. The second-order valence-electron chi connectivity index (χ2n) is 4.89.